The molecule has 1 N–H and O–H groups in total. The minimum atomic E-state index is -0.0428. The largest absolute Gasteiger partial charge is 0.506 e. The Balaban J connectivity index is 2.76. The van der Waals surface area contributed by atoms with Crippen LogP contribution in [0.3, 0.4) is 0 Å². The van der Waals surface area contributed by atoms with Crippen LogP contribution in [0.2, 0.25) is 0 Å². The van der Waals surface area contributed by atoms with Gasteiger partial charge in [-0.15, -0.1) is 0 Å². The molecule has 0 aliphatic heterocycles. The van der Waals surface area contributed by atoms with Gasteiger partial charge in [0.15, 0.2) is 6.29 Å². The second-order valence-corrected chi connectivity index (χ2v) is 3.42. The number of hydrogen-bond acceptors (Lipinski definition) is 3. The van der Waals surface area contributed by atoms with Crippen LogP contribution in [-0.4, -0.2) is 11.4 Å². The Kier molecular flexibility index (Phi) is 2.08. The summed E-state index contributed by atoms with van der Waals surface area (Å²) < 4.78 is 5.43. The molecule has 0 fully saturated rings. The lowest BCUT2D eigenvalue weighted by molar-refractivity contribution is 0.112. The van der Waals surface area contributed by atoms with Gasteiger partial charge in [0.2, 0.25) is 0 Å². The van der Waals surface area contributed by atoms with Crippen molar-refractivity contribution in [2.45, 2.75) is 6.92 Å². The van der Waals surface area contributed by atoms with Gasteiger partial charge in [-0.3, -0.25) is 4.79 Å². The molecule has 1 aromatic heterocycles. The Hall–Kier alpha value is -2.03. The Morgan fingerprint density at radius 1 is 1.53 bits per heavy atom. The molecule has 0 spiro atoms. The summed E-state index contributed by atoms with van der Waals surface area (Å²) in [5.74, 6) is 0.571. The van der Waals surface area contributed by atoms with Crippen LogP contribution >= 0.6 is 0 Å². The van der Waals surface area contributed by atoms with E-state index in [1.165, 1.54) is 6.07 Å². The molecule has 2 aromatic rings. The third-order valence-corrected chi connectivity index (χ3v) is 2.25. The number of phenols is 1. The number of aldehydes is 1. The highest BCUT2D eigenvalue weighted by Crippen LogP contribution is 2.32. The Labute approximate surface area is 86.6 Å². The third kappa shape index (κ3) is 1.42. The summed E-state index contributed by atoms with van der Waals surface area (Å²) in [5.41, 5.74) is 1.59. The summed E-state index contributed by atoms with van der Waals surface area (Å²) >= 11 is 0. The molecule has 1 aromatic carbocycles. The van der Waals surface area contributed by atoms with Crippen LogP contribution in [0, 0.1) is 0 Å². The van der Waals surface area contributed by atoms with Gasteiger partial charge in [-0.2, -0.15) is 0 Å². The minimum Gasteiger partial charge on any atom is -0.506 e. The smallest absolute Gasteiger partial charge is 0.153 e. The molecule has 0 bridgehead atoms. The monoisotopic (exact) mass is 202 g/mol. The van der Waals surface area contributed by atoms with Gasteiger partial charge in [-0.1, -0.05) is 6.58 Å². The van der Waals surface area contributed by atoms with E-state index in [0.717, 1.165) is 5.57 Å². The van der Waals surface area contributed by atoms with Gasteiger partial charge >= 0.3 is 0 Å². The average molecular weight is 202 g/mol. The van der Waals surface area contributed by atoms with E-state index in [4.69, 9.17) is 4.42 Å². The van der Waals surface area contributed by atoms with Crippen molar-refractivity contribution in [3.8, 4) is 5.75 Å². The molecule has 0 aliphatic rings. The number of carbonyl (C=O) groups excluding carboxylic acids is 1. The number of furan rings is 1. The molecule has 0 saturated heterocycles. The molecule has 15 heavy (non-hydrogen) atoms. The van der Waals surface area contributed by atoms with Gasteiger partial charge < -0.3 is 9.52 Å². The first kappa shape index (κ1) is 9.52. The molecular formula is C12H10O3. The van der Waals surface area contributed by atoms with E-state index in [9.17, 15) is 9.90 Å². The number of fused-ring (bicyclic) bond motifs is 1. The van der Waals surface area contributed by atoms with E-state index in [1.807, 2.05) is 6.92 Å². The minimum absolute atomic E-state index is 0.0428. The van der Waals surface area contributed by atoms with E-state index < -0.39 is 0 Å². The molecule has 0 saturated carbocycles. The SMILES string of the molecule is C=C(C)c1cc2c(O)c(C=O)ccc2o1. The van der Waals surface area contributed by atoms with Crippen molar-refractivity contribution in [1.82, 2.24) is 0 Å². The summed E-state index contributed by atoms with van der Waals surface area (Å²) in [5, 5.41) is 10.3. The molecular weight excluding hydrogens is 192 g/mol. The first-order chi connectivity index (χ1) is 7.13. The van der Waals surface area contributed by atoms with Crippen LogP contribution in [0.15, 0.2) is 29.2 Å². The number of carbonyl (C=O) groups is 1. The fourth-order valence-corrected chi connectivity index (χ4v) is 1.42. The van der Waals surface area contributed by atoms with Crippen molar-refractivity contribution in [3.05, 3.63) is 36.1 Å². The quantitative estimate of drug-likeness (QED) is 0.761. The lowest BCUT2D eigenvalue weighted by atomic mass is 10.1. The summed E-state index contributed by atoms with van der Waals surface area (Å²) in [6.07, 6.45) is 0.613. The predicted molar refractivity (Wildman–Crippen MR) is 58.0 cm³/mol. The normalized spacial score (nSPS) is 10.5. The van der Waals surface area contributed by atoms with E-state index >= 15 is 0 Å². The van der Waals surface area contributed by atoms with Crippen molar-refractivity contribution < 1.29 is 14.3 Å². The molecule has 0 unspecified atom stereocenters. The summed E-state index contributed by atoms with van der Waals surface area (Å²) in [6.45, 7) is 5.56. The molecule has 3 heteroatoms. The maximum Gasteiger partial charge on any atom is 0.153 e. The summed E-state index contributed by atoms with van der Waals surface area (Å²) in [6, 6.07) is 4.86. The number of phenolic OH excluding ortho intramolecular Hbond substituents is 1. The highest BCUT2D eigenvalue weighted by molar-refractivity contribution is 5.94. The highest BCUT2D eigenvalue weighted by Gasteiger charge is 2.11. The second kappa shape index (κ2) is 3.28. The van der Waals surface area contributed by atoms with Crippen LogP contribution in [0.25, 0.3) is 16.5 Å². The Morgan fingerprint density at radius 2 is 2.27 bits per heavy atom. The van der Waals surface area contributed by atoms with Crippen molar-refractivity contribution >= 4 is 22.8 Å². The number of rotatable bonds is 2. The fraction of sp³-hybridized carbons (Fsp3) is 0.0833. The topological polar surface area (TPSA) is 50.4 Å². The molecule has 2 rings (SSSR count). The first-order valence-electron chi connectivity index (χ1n) is 4.50. The Morgan fingerprint density at radius 3 is 2.87 bits per heavy atom. The van der Waals surface area contributed by atoms with Crippen molar-refractivity contribution in [2.75, 3.05) is 0 Å². The van der Waals surface area contributed by atoms with Gasteiger partial charge in [0.1, 0.15) is 17.1 Å². The lowest BCUT2D eigenvalue weighted by Gasteiger charge is -1.96. The van der Waals surface area contributed by atoms with Crippen molar-refractivity contribution in [1.29, 1.82) is 0 Å². The molecule has 76 valence electrons. The highest BCUT2D eigenvalue weighted by atomic mass is 16.3. The molecule has 1 heterocycles. The molecule has 0 amide bonds. The maximum atomic E-state index is 10.6. The van der Waals surface area contributed by atoms with Gasteiger partial charge in [-0.05, 0) is 30.7 Å². The summed E-state index contributed by atoms with van der Waals surface area (Å²) in [7, 11) is 0. The van der Waals surface area contributed by atoms with Crippen LogP contribution in [0.1, 0.15) is 23.0 Å². The van der Waals surface area contributed by atoms with Crippen LogP contribution in [-0.2, 0) is 0 Å². The lowest BCUT2D eigenvalue weighted by Crippen LogP contribution is -1.79. The van der Waals surface area contributed by atoms with E-state index in [-0.39, 0.29) is 11.3 Å². The van der Waals surface area contributed by atoms with Gasteiger partial charge in [0.25, 0.3) is 0 Å². The standard InChI is InChI=1S/C12H10O3/c1-7(2)11-5-9-10(15-11)4-3-8(6-13)12(9)14/h3-6,14H,1H2,2H3. The zero-order valence-corrected chi connectivity index (χ0v) is 8.28. The maximum absolute atomic E-state index is 10.6. The van der Waals surface area contributed by atoms with E-state index in [0.29, 0.717) is 23.0 Å². The number of benzene rings is 1. The zero-order valence-electron chi connectivity index (χ0n) is 8.28. The van der Waals surface area contributed by atoms with Gasteiger partial charge in [0, 0.05) is 0 Å². The third-order valence-electron chi connectivity index (χ3n) is 2.25. The van der Waals surface area contributed by atoms with E-state index in [1.54, 1.807) is 12.1 Å². The molecule has 0 atom stereocenters. The van der Waals surface area contributed by atoms with Gasteiger partial charge in [-0.25, -0.2) is 0 Å². The molecule has 3 nitrogen and oxygen atoms in total. The average Bonchev–Trinajstić information content (AvgIpc) is 2.63. The van der Waals surface area contributed by atoms with E-state index in [2.05, 4.69) is 6.58 Å². The van der Waals surface area contributed by atoms with Crippen molar-refractivity contribution in [3.63, 3.8) is 0 Å². The summed E-state index contributed by atoms with van der Waals surface area (Å²) in [4.78, 5) is 10.6. The predicted octanol–water partition coefficient (Wildman–Crippen LogP) is 2.98. The van der Waals surface area contributed by atoms with Crippen LogP contribution in [0.5, 0.6) is 5.75 Å². The zero-order chi connectivity index (χ0) is 11.0. The first-order valence-corrected chi connectivity index (χ1v) is 4.50. The Bertz CT molecular complexity index is 549. The number of hydrogen-bond donors (Lipinski definition) is 1. The molecule has 0 aliphatic carbocycles. The van der Waals surface area contributed by atoms with Gasteiger partial charge in [0.05, 0.1) is 10.9 Å². The van der Waals surface area contributed by atoms with Crippen LogP contribution in [0.4, 0.5) is 0 Å². The van der Waals surface area contributed by atoms with Crippen LogP contribution < -0.4 is 0 Å². The fourth-order valence-electron chi connectivity index (χ4n) is 1.42. The van der Waals surface area contributed by atoms with Crippen molar-refractivity contribution in [2.24, 2.45) is 0 Å². The molecule has 0 radical (unpaired) electrons. The number of allylic oxidation sites excluding steroid dienone is 1. The second-order valence-electron chi connectivity index (χ2n) is 3.42. The number of aromatic hydroxyl groups is 1.